The highest BCUT2D eigenvalue weighted by Crippen LogP contribution is 2.18. The second-order valence-electron chi connectivity index (χ2n) is 6.18. The number of carboxylic acids is 1. The molecule has 28 heavy (non-hydrogen) atoms. The van der Waals surface area contributed by atoms with Crippen molar-refractivity contribution >= 4 is 51.4 Å². The Labute approximate surface area is 168 Å². The number of hydrogen-bond donors (Lipinski definition) is 1. The molecule has 0 aromatic carbocycles. The summed E-state index contributed by atoms with van der Waals surface area (Å²) >= 11 is 2.97. The van der Waals surface area contributed by atoms with Crippen LogP contribution in [0.3, 0.4) is 0 Å². The third kappa shape index (κ3) is 4.91. The van der Waals surface area contributed by atoms with Crippen molar-refractivity contribution in [3.63, 3.8) is 0 Å². The molecule has 2 aliphatic heterocycles. The minimum Gasteiger partial charge on any atom is -0.481 e. The molecule has 2 heterocycles. The number of carboxylic acid groups (broad SMARTS) is 1. The van der Waals surface area contributed by atoms with Crippen molar-refractivity contribution in [2.24, 2.45) is 0 Å². The maximum absolute atomic E-state index is 12.4. The van der Waals surface area contributed by atoms with Crippen LogP contribution >= 0.6 is 15.9 Å². The van der Waals surface area contributed by atoms with Crippen LogP contribution in [0.5, 0.6) is 0 Å². The minimum absolute atomic E-state index is 0.0398. The van der Waals surface area contributed by atoms with E-state index in [9.17, 15) is 28.8 Å². The fraction of sp³-hybridized carbons (Fsp3) is 0.412. The van der Waals surface area contributed by atoms with Crippen LogP contribution in [0.4, 0.5) is 0 Å². The molecule has 0 aromatic rings. The summed E-state index contributed by atoms with van der Waals surface area (Å²) in [5.41, 5.74) is 0.290. The summed E-state index contributed by atoms with van der Waals surface area (Å²) in [6.45, 7) is 1.25. The number of amides is 5. The highest BCUT2D eigenvalue weighted by atomic mass is 79.9. The van der Waals surface area contributed by atoms with E-state index >= 15 is 0 Å². The van der Waals surface area contributed by atoms with Crippen LogP contribution < -0.4 is 0 Å². The SMILES string of the molecule is CC1=CC(=O)N(CCN(CCN2C(=O)C=C(Br)C2=O)C(=O)CCC(=O)O)C1=O. The molecule has 10 nitrogen and oxygen atoms in total. The molecule has 11 heteroatoms. The van der Waals surface area contributed by atoms with Crippen molar-refractivity contribution in [3.05, 3.63) is 22.2 Å². The zero-order chi connectivity index (χ0) is 21.0. The van der Waals surface area contributed by atoms with Crippen molar-refractivity contribution in [3.8, 4) is 0 Å². The third-order valence-electron chi connectivity index (χ3n) is 4.25. The Bertz CT molecular complexity index is 766. The molecule has 0 radical (unpaired) electrons. The van der Waals surface area contributed by atoms with E-state index in [0.717, 1.165) is 15.9 Å². The smallest absolute Gasteiger partial charge is 0.303 e. The molecular formula is C17H18BrN3O7. The Hall–Kier alpha value is -2.82. The van der Waals surface area contributed by atoms with E-state index in [1.807, 2.05) is 0 Å². The van der Waals surface area contributed by atoms with Crippen LogP contribution in [0.2, 0.25) is 0 Å². The van der Waals surface area contributed by atoms with Gasteiger partial charge in [0.05, 0.1) is 10.9 Å². The number of aliphatic carboxylic acids is 1. The van der Waals surface area contributed by atoms with Gasteiger partial charge in [0.2, 0.25) is 5.91 Å². The fourth-order valence-corrected chi connectivity index (χ4v) is 3.12. The van der Waals surface area contributed by atoms with Crippen LogP contribution in [0, 0.1) is 0 Å². The summed E-state index contributed by atoms with van der Waals surface area (Å²) in [7, 11) is 0. The highest BCUT2D eigenvalue weighted by molar-refractivity contribution is 9.12. The number of halogens is 1. The molecule has 0 fully saturated rings. The second kappa shape index (κ2) is 8.91. The van der Waals surface area contributed by atoms with Gasteiger partial charge in [-0.15, -0.1) is 0 Å². The van der Waals surface area contributed by atoms with Gasteiger partial charge < -0.3 is 10.0 Å². The predicted octanol–water partition coefficient (Wildman–Crippen LogP) is -0.357. The first kappa shape index (κ1) is 21.5. The second-order valence-corrected chi connectivity index (χ2v) is 7.04. The normalized spacial score (nSPS) is 16.6. The van der Waals surface area contributed by atoms with Crippen molar-refractivity contribution in [1.82, 2.24) is 14.7 Å². The zero-order valence-electron chi connectivity index (χ0n) is 15.0. The van der Waals surface area contributed by atoms with Gasteiger partial charge in [-0.3, -0.25) is 38.6 Å². The molecule has 0 spiro atoms. The van der Waals surface area contributed by atoms with E-state index < -0.39 is 35.5 Å². The molecule has 2 rings (SSSR count). The van der Waals surface area contributed by atoms with Crippen LogP contribution in [0.1, 0.15) is 19.8 Å². The number of rotatable bonds is 9. The van der Waals surface area contributed by atoms with Gasteiger partial charge >= 0.3 is 5.97 Å². The lowest BCUT2D eigenvalue weighted by atomic mass is 10.2. The largest absolute Gasteiger partial charge is 0.481 e. The van der Waals surface area contributed by atoms with Gasteiger partial charge in [0.1, 0.15) is 0 Å². The maximum Gasteiger partial charge on any atom is 0.303 e. The number of imide groups is 2. The number of carbonyl (C=O) groups excluding carboxylic acids is 5. The first-order chi connectivity index (χ1) is 13.1. The molecule has 150 valence electrons. The highest BCUT2D eigenvalue weighted by Gasteiger charge is 2.31. The fourth-order valence-electron chi connectivity index (χ4n) is 2.71. The molecule has 0 aliphatic carbocycles. The van der Waals surface area contributed by atoms with Crippen molar-refractivity contribution in [2.75, 3.05) is 26.2 Å². The first-order valence-electron chi connectivity index (χ1n) is 8.38. The summed E-state index contributed by atoms with van der Waals surface area (Å²) < 4.78 is 0.107. The summed E-state index contributed by atoms with van der Waals surface area (Å²) in [6.07, 6.45) is 1.66. The lowest BCUT2D eigenvalue weighted by Gasteiger charge is -2.27. The maximum atomic E-state index is 12.4. The molecule has 2 aliphatic rings. The Balaban J connectivity index is 2.01. The third-order valence-corrected chi connectivity index (χ3v) is 4.81. The Morgan fingerprint density at radius 3 is 1.93 bits per heavy atom. The number of nitrogens with zero attached hydrogens (tertiary/aromatic N) is 3. The van der Waals surface area contributed by atoms with Gasteiger partial charge in [0, 0.05) is 50.3 Å². The van der Waals surface area contributed by atoms with Crippen LogP contribution in [-0.4, -0.2) is 81.5 Å². The predicted molar refractivity (Wildman–Crippen MR) is 97.7 cm³/mol. The van der Waals surface area contributed by atoms with Crippen molar-refractivity contribution < 1.29 is 33.9 Å². The average molecular weight is 456 g/mol. The van der Waals surface area contributed by atoms with E-state index in [2.05, 4.69) is 15.9 Å². The molecular weight excluding hydrogens is 438 g/mol. The molecule has 0 bridgehead atoms. The molecule has 0 aromatic heterocycles. The van der Waals surface area contributed by atoms with E-state index in [0.29, 0.717) is 0 Å². The van der Waals surface area contributed by atoms with Crippen molar-refractivity contribution in [2.45, 2.75) is 19.8 Å². The molecule has 0 saturated carbocycles. The number of hydrogen-bond acceptors (Lipinski definition) is 6. The Morgan fingerprint density at radius 1 is 0.964 bits per heavy atom. The van der Waals surface area contributed by atoms with E-state index in [-0.39, 0.29) is 49.1 Å². The van der Waals surface area contributed by atoms with E-state index in [1.165, 1.54) is 17.9 Å². The monoisotopic (exact) mass is 455 g/mol. The lowest BCUT2D eigenvalue weighted by molar-refractivity contribution is -0.142. The molecule has 5 amide bonds. The van der Waals surface area contributed by atoms with E-state index in [4.69, 9.17) is 5.11 Å². The standard InChI is InChI=1S/C17H18BrN3O7/c1-10-8-13(23)20(16(10)27)6-4-19(12(22)2-3-15(25)26)5-7-21-14(24)9-11(18)17(21)28/h8-9H,2-7H2,1H3,(H,25,26). The number of carbonyl (C=O) groups is 6. The molecule has 0 unspecified atom stereocenters. The molecule has 1 N–H and O–H groups in total. The van der Waals surface area contributed by atoms with Gasteiger partial charge in [0.25, 0.3) is 23.6 Å². The minimum atomic E-state index is -1.14. The van der Waals surface area contributed by atoms with Crippen LogP contribution in [0.25, 0.3) is 0 Å². The lowest BCUT2D eigenvalue weighted by Crippen LogP contribution is -2.45. The Morgan fingerprint density at radius 2 is 1.50 bits per heavy atom. The average Bonchev–Trinajstić information content (AvgIpc) is 3.01. The summed E-state index contributed by atoms with van der Waals surface area (Å²) in [5, 5.41) is 8.76. The molecule has 0 saturated heterocycles. The van der Waals surface area contributed by atoms with Gasteiger partial charge in [-0.1, -0.05) is 0 Å². The van der Waals surface area contributed by atoms with Gasteiger partial charge in [-0.25, -0.2) is 0 Å². The van der Waals surface area contributed by atoms with Gasteiger partial charge in [0.15, 0.2) is 0 Å². The van der Waals surface area contributed by atoms with Gasteiger partial charge in [-0.2, -0.15) is 0 Å². The van der Waals surface area contributed by atoms with Crippen molar-refractivity contribution in [1.29, 1.82) is 0 Å². The summed E-state index contributed by atoms with van der Waals surface area (Å²) in [6, 6.07) is 0. The summed E-state index contributed by atoms with van der Waals surface area (Å²) in [4.78, 5) is 73.7. The first-order valence-corrected chi connectivity index (χ1v) is 9.18. The summed E-state index contributed by atoms with van der Waals surface area (Å²) in [5.74, 6) is -3.67. The topological polar surface area (TPSA) is 132 Å². The molecule has 0 atom stereocenters. The quantitative estimate of drug-likeness (QED) is 0.469. The van der Waals surface area contributed by atoms with E-state index in [1.54, 1.807) is 0 Å². The van der Waals surface area contributed by atoms with Gasteiger partial charge in [-0.05, 0) is 22.9 Å². The van der Waals surface area contributed by atoms with Crippen LogP contribution in [-0.2, 0) is 28.8 Å². The zero-order valence-corrected chi connectivity index (χ0v) is 16.6. The van der Waals surface area contributed by atoms with Crippen LogP contribution in [0.15, 0.2) is 22.2 Å². The Kier molecular flexibility index (Phi) is 6.84.